The molecule has 1 N–H and O–H groups in total. The Morgan fingerprint density at radius 2 is 2.08 bits per heavy atom. The fourth-order valence-corrected chi connectivity index (χ4v) is 3.34. The molecule has 0 aliphatic carbocycles. The molecule has 26 heavy (non-hydrogen) atoms. The lowest BCUT2D eigenvalue weighted by Gasteiger charge is -2.17. The van der Waals surface area contributed by atoms with Crippen LogP contribution in [0.15, 0.2) is 55.0 Å². The highest BCUT2D eigenvalue weighted by molar-refractivity contribution is 5.97. The van der Waals surface area contributed by atoms with Crippen molar-refractivity contribution < 1.29 is 4.79 Å². The van der Waals surface area contributed by atoms with Gasteiger partial charge < -0.3 is 4.90 Å². The van der Waals surface area contributed by atoms with Gasteiger partial charge in [0, 0.05) is 48.2 Å². The first-order chi connectivity index (χ1) is 12.7. The smallest absolute Gasteiger partial charge is 0.230 e. The van der Waals surface area contributed by atoms with E-state index in [2.05, 4.69) is 21.3 Å². The van der Waals surface area contributed by atoms with Gasteiger partial charge in [0.2, 0.25) is 5.91 Å². The number of aromatic nitrogens is 3. The molecule has 0 spiro atoms. The molecule has 3 heterocycles. The number of hydrogen-bond acceptors (Lipinski definition) is 4. The highest BCUT2D eigenvalue weighted by Crippen LogP contribution is 2.29. The summed E-state index contributed by atoms with van der Waals surface area (Å²) in [5.74, 6) is 0.0233. The Morgan fingerprint density at radius 3 is 2.81 bits per heavy atom. The number of anilines is 1. The maximum atomic E-state index is 12.8. The van der Waals surface area contributed by atoms with Gasteiger partial charge in [0.25, 0.3) is 0 Å². The van der Waals surface area contributed by atoms with Crippen LogP contribution in [0.4, 0.5) is 5.69 Å². The molecular weight excluding hydrogens is 326 g/mol. The van der Waals surface area contributed by atoms with Crippen molar-refractivity contribution in [3.63, 3.8) is 0 Å². The molecule has 128 valence electrons. The van der Waals surface area contributed by atoms with Crippen molar-refractivity contribution in [3.8, 4) is 17.2 Å². The largest absolute Gasteiger partial charge is 0.312 e. The standard InChI is InChI=1S/C20H17N5O/c21-11-14-5-7-22-18(9-14)10-16-6-8-25(20(16)26)19-3-1-15(2-4-19)17-12-23-24-13-17/h1-5,7,9,12-13,16H,6,8,10H2,(H,23,24). The molecule has 1 saturated heterocycles. The zero-order valence-electron chi connectivity index (χ0n) is 14.1. The lowest BCUT2D eigenvalue weighted by molar-refractivity contribution is -0.120. The summed E-state index contributed by atoms with van der Waals surface area (Å²) in [7, 11) is 0. The van der Waals surface area contributed by atoms with E-state index in [1.165, 1.54) is 0 Å². The van der Waals surface area contributed by atoms with Gasteiger partial charge in [-0.2, -0.15) is 10.4 Å². The van der Waals surface area contributed by atoms with E-state index in [9.17, 15) is 4.79 Å². The van der Waals surface area contributed by atoms with E-state index in [4.69, 9.17) is 5.26 Å². The van der Waals surface area contributed by atoms with Crippen molar-refractivity contribution in [3.05, 3.63) is 66.2 Å². The second kappa shape index (κ2) is 6.81. The summed E-state index contributed by atoms with van der Waals surface area (Å²) in [5.41, 5.74) is 4.35. The normalized spacial score (nSPS) is 16.7. The fraction of sp³-hybridized carbons (Fsp3) is 0.200. The molecule has 1 unspecified atom stereocenters. The summed E-state index contributed by atoms with van der Waals surface area (Å²) in [6.45, 7) is 0.701. The topological polar surface area (TPSA) is 85.7 Å². The van der Waals surface area contributed by atoms with E-state index in [0.29, 0.717) is 18.5 Å². The summed E-state index contributed by atoms with van der Waals surface area (Å²) < 4.78 is 0. The number of carbonyl (C=O) groups excluding carboxylic acids is 1. The van der Waals surface area contributed by atoms with E-state index in [0.717, 1.165) is 28.9 Å². The molecule has 3 aromatic rings. The van der Waals surface area contributed by atoms with Gasteiger partial charge in [-0.1, -0.05) is 12.1 Å². The number of carbonyl (C=O) groups is 1. The van der Waals surface area contributed by atoms with Crippen LogP contribution in [0.25, 0.3) is 11.1 Å². The fourth-order valence-electron chi connectivity index (χ4n) is 3.34. The number of nitrogens with one attached hydrogen (secondary N) is 1. The first-order valence-electron chi connectivity index (χ1n) is 8.50. The Labute approximate surface area is 151 Å². The van der Waals surface area contributed by atoms with Crippen LogP contribution in [0.2, 0.25) is 0 Å². The summed E-state index contributed by atoms with van der Waals surface area (Å²) in [6, 6.07) is 13.5. The SMILES string of the molecule is N#Cc1ccnc(CC2CCN(c3ccc(-c4cn[nH]c4)cc3)C2=O)c1. The number of amides is 1. The van der Waals surface area contributed by atoms with Crippen molar-refractivity contribution >= 4 is 11.6 Å². The first kappa shape index (κ1) is 16.0. The van der Waals surface area contributed by atoms with Gasteiger partial charge in [0.05, 0.1) is 17.8 Å². The van der Waals surface area contributed by atoms with Crippen molar-refractivity contribution in [2.45, 2.75) is 12.8 Å². The second-order valence-electron chi connectivity index (χ2n) is 6.36. The van der Waals surface area contributed by atoms with Crippen LogP contribution in [0, 0.1) is 17.2 Å². The molecule has 0 saturated carbocycles. The van der Waals surface area contributed by atoms with Crippen LogP contribution < -0.4 is 4.90 Å². The number of nitriles is 1. The molecule has 2 aromatic heterocycles. The summed E-state index contributed by atoms with van der Waals surface area (Å²) in [6.07, 6.45) is 6.60. The van der Waals surface area contributed by atoms with Crippen molar-refractivity contribution in [2.75, 3.05) is 11.4 Å². The Kier molecular flexibility index (Phi) is 4.20. The third-order valence-corrected chi connectivity index (χ3v) is 4.73. The van der Waals surface area contributed by atoms with Crippen LogP contribution in [-0.4, -0.2) is 27.6 Å². The van der Waals surface area contributed by atoms with E-state index in [1.54, 1.807) is 24.5 Å². The van der Waals surface area contributed by atoms with Gasteiger partial charge in [-0.05, 0) is 36.2 Å². The molecule has 1 amide bonds. The van der Waals surface area contributed by atoms with E-state index >= 15 is 0 Å². The summed E-state index contributed by atoms with van der Waals surface area (Å²) in [5, 5.41) is 15.8. The molecule has 0 radical (unpaired) electrons. The molecular formula is C20H17N5O. The quantitative estimate of drug-likeness (QED) is 0.789. The van der Waals surface area contributed by atoms with Gasteiger partial charge in [-0.3, -0.25) is 14.9 Å². The third kappa shape index (κ3) is 3.07. The molecule has 1 fully saturated rings. The summed E-state index contributed by atoms with van der Waals surface area (Å²) in [4.78, 5) is 18.9. The van der Waals surface area contributed by atoms with Gasteiger partial charge in [-0.15, -0.1) is 0 Å². The zero-order chi connectivity index (χ0) is 17.9. The highest BCUT2D eigenvalue weighted by Gasteiger charge is 2.32. The Morgan fingerprint density at radius 1 is 1.23 bits per heavy atom. The third-order valence-electron chi connectivity index (χ3n) is 4.73. The van der Waals surface area contributed by atoms with Crippen LogP contribution in [0.5, 0.6) is 0 Å². The molecule has 1 aromatic carbocycles. The predicted molar refractivity (Wildman–Crippen MR) is 97.1 cm³/mol. The Hall–Kier alpha value is -3.46. The monoisotopic (exact) mass is 343 g/mol. The maximum absolute atomic E-state index is 12.8. The number of H-pyrrole nitrogens is 1. The summed E-state index contributed by atoms with van der Waals surface area (Å²) >= 11 is 0. The van der Waals surface area contributed by atoms with Crippen molar-refractivity contribution in [1.82, 2.24) is 15.2 Å². The minimum atomic E-state index is -0.0926. The lowest BCUT2D eigenvalue weighted by atomic mass is 10.0. The molecule has 1 aliphatic heterocycles. The highest BCUT2D eigenvalue weighted by atomic mass is 16.2. The molecule has 4 rings (SSSR count). The van der Waals surface area contributed by atoms with Gasteiger partial charge >= 0.3 is 0 Å². The second-order valence-corrected chi connectivity index (χ2v) is 6.36. The van der Waals surface area contributed by atoms with Gasteiger partial charge in [0.15, 0.2) is 0 Å². The molecule has 1 atom stereocenters. The number of hydrogen-bond donors (Lipinski definition) is 1. The molecule has 6 heteroatoms. The number of aromatic amines is 1. The Bertz CT molecular complexity index is 957. The van der Waals surface area contributed by atoms with E-state index < -0.39 is 0 Å². The number of nitrogens with zero attached hydrogens (tertiary/aromatic N) is 4. The number of rotatable bonds is 4. The van der Waals surface area contributed by atoms with Crippen molar-refractivity contribution in [1.29, 1.82) is 5.26 Å². The van der Waals surface area contributed by atoms with Gasteiger partial charge in [-0.25, -0.2) is 0 Å². The van der Waals surface area contributed by atoms with E-state index in [1.807, 2.05) is 35.4 Å². The minimum absolute atomic E-state index is 0.0926. The molecule has 1 aliphatic rings. The van der Waals surface area contributed by atoms with Crippen LogP contribution >= 0.6 is 0 Å². The maximum Gasteiger partial charge on any atom is 0.230 e. The van der Waals surface area contributed by atoms with Crippen molar-refractivity contribution in [2.24, 2.45) is 5.92 Å². The van der Waals surface area contributed by atoms with Gasteiger partial charge in [0.1, 0.15) is 0 Å². The Balaban J connectivity index is 1.47. The molecule has 6 nitrogen and oxygen atoms in total. The first-order valence-corrected chi connectivity index (χ1v) is 8.50. The average molecular weight is 343 g/mol. The minimum Gasteiger partial charge on any atom is -0.312 e. The zero-order valence-corrected chi connectivity index (χ0v) is 14.1. The molecule has 0 bridgehead atoms. The lowest BCUT2D eigenvalue weighted by Crippen LogP contribution is -2.27. The van der Waals surface area contributed by atoms with Crippen LogP contribution in [0.3, 0.4) is 0 Å². The van der Waals surface area contributed by atoms with E-state index in [-0.39, 0.29) is 11.8 Å². The predicted octanol–water partition coefficient (Wildman–Crippen LogP) is 2.94. The average Bonchev–Trinajstić information content (AvgIpc) is 3.33. The number of benzene rings is 1. The van der Waals surface area contributed by atoms with Crippen LogP contribution in [-0.2, 0) is 11.2 Å². The number of pyridine rings is 1. The van der Waals surface area contributed by atoms with Crippen LogP contribution in [0.1, 0.15) is 17.7 Å².